The van der Waals surface area contributed by atoms with Gasteiger partial charge in [-0.25, -0.2) is 0 Å². The molecule has 0 aliphatic rings. The van der Waals surface area contributed by atoms with Crippen LogP contribution in [0.1, 0.15) is 36.2 Å². The Bertz CT molecular complexity index is 412. The summed E-state index contributed by atoms with van der Waals surface area (Å²) in [6.07, 6.45) is -3.70. The molecule has 0 radical (unpaired) electrons. The number of hydrogen-bond donors (Lipinski definition) is 2. The molecular weight excluding hydrogens is 257 g/mol. The van der Waals surface area contributed by atoms with E-state index < -0.39 is 12.6 Å². The first-order chi connectivity index (χ1) is 8.74. The molecule has 19 heavy (non-hydrogen) atoms. The van der Waals surface area contributed by atoms with Gasteiger partial charge < -0.3 is 0 Å². The van der Waals surface area contributed by atoms with Crippen molar-refractivity contribution >= 4 is 0 Å². The molecule has 0 fully saturated rings. The fourth-order valence-electron chi connectivity index (χ4n) is 2.15. The fraction of sp³-hybridized carbons (Fsp3) is 0.750. The van der Waals surface area contributed by atoms with Crippen molar-refractivity contribution in [2.45, 2.75) is 51.7 Å². The number of aryl methyl sites for hydroxylation is 2. The first-order valence-electron chi connectivity index (χ1n) is 6.26. The second-order valence-corrected chi connectivity index (χ2v) is 4.83. The lowest BCUT2D eigenvalue weighted by Crippen LogP contribution is -2.36. The average molecular weight is 278 g/mol. The van der Waals surface area contributed by atoms with Crippen LogP contribution in [0, 0.1) is 13.8 Å². The minimum absolute atomic E-state index is 0.00163. The van der Waals surface area contributed by atoms with E-state index in [1.807, 2.05) is 20.9 Å². The van der Waals surface area contributed by atoms with Crippen LogP contribution in [0.25, 0.3) is 0 Å². The van der Waals surface area contributed by atoms with Crippen LogP contribution in [0.2, 0.25) is 0 Å². The molecule has 1 unspecified atom stereocenters. The first kappa shape index (κ1) is 16.0. The summed E-state index contributed by atoms with van der Waals surface area (Å²) in [5, 5.41) is 4.28. The van der Waals surface area contributed by atoms with E-state index in [1.54, 1.807) is 4.68 Å². The van der Waals surface area contributed by atoms with Crippen LogP contribution in [0.15, 0.2) is 0 Å². The highest BCUT2D eigenvalue weighted by molar-refractivity contribution is 5.24. The lowest BCUT2D eigenvalue weighted by Gasteiger charge is -2.16. The van der Waals surface area contributed by atoms with Crippen LogP contribution in [0.3, 0.4) is 0 Å². The van der Waals surface area contributed by atoms with Crippen molar-refractivity contribution < 1.29 is 13.2 Å². The number of rotatable bonds is 6. The number of hydrogen-bond acceptors (Lipinski definition) is 3. The Morgan fingerprint density at radius 3 is 2.37 bits per heavy atom. The number of nitrogens with two attached hydrogens (primary N) is 1. The molecule has 0 bridgehead atoms. The Kier molecular flexibility index (Phi) is 5.37. The number of halogens is 3. The zero-order valence-electron chi connectivity index (χ0n) is 11.5. The van der Waals surface area contributed by atoms with E-state index in [1.165, 1.54) is 0 Å². The summed E-state index contributed by atoms with van der Waals surface area (Å²) in [5.41, 5.74) is 5.52. The van der Waals surface area contributed by atoms with E-state index in [0.717, 1.165) is 17.0 Å². The lowest BCUT2D eigenvalue weighted by molar-refractivity contribution is -0.136. The van der Waals surface area contributed by atoms with Crippen LogP contribution in [-0.2, 0) is 13.5 Å². The maximum absolute atomic E-state index is 12.2. The Labute approximate surface area is 111 Å². The summed E-state index contributed by atoms with van der Waals surface area (Å²) in [6.45, 7) is 3.86. The van der Waals surface area contributed by atoms with E-state index in [4.69, 9.17) is 5.84 Å². The summed E-state index contributed by atoms with van der Waals surface area (Å²) < 4.78 is 38.3. The van der Waals surface area contributed by atoms with Gasteiger partial charge >= 0.3 is 6.18 Å². The maximum atomic E-state index is 12.2. The third-order valence-electron chi connectivity index (χ3n) is 3.41. The molecule has 1 atom stereocenters. The zero-order chi connectivity index (χ0) is 14.6. The van der Waals surface area contributed by atoms with Gasteiger partial charge in [0.15, 0.2) is 0 Å². The molecule has 0 aliphatic heterocycles. The number of aromatic nitrogens is 2. The number of alkyl halides is 3. The van der Waals surface area contributed by atoms with Crippen LogP contribution in [0.4, 0.5) is 13.2 Å². The molecular formula is C12H21F3N4. The van der Waals surface area contributed by atoms with Gasteiger partial charge in [0.2, 0.25) is 0 Å². The minimum Gasteiger partial charge on any atom is -0.272 e. The molecule has 0 amide bonds. The largest absolute Gasteiger partial charge is 0.389 e. The Morgan fingerprint density at radius 1 is 1.32 bits per heavy atom. The monoisotopic (exact) mass is 278 g/mol. The number of hydrazine groups is 1. The molecule has 0 saturated carbocycles. The molecule has 7 heteroatoms. The predicted molar refractivity (Wildman–Crippen MR) is 67.4 cm³/mol. The van der Waals surface area contributed by atoms with Gasteiger partial charge in [-0.15, -0.1) is 0 Å². The molecule has 1 aromatic heterocycles. The molecule has 1 rings (SSSR count). The Balaban J connectivity index is 2.53. The van der Waals surface area contributed by atoms with Gasteiger partial charge in [-0.05, 0) is 38.7 Å². The van der Waals surface area contributed by atoms with Gasteiger partial charge in [-0.3, -0.25) is 16.0 Å². The molecule has 0 aromatic carbocycles. The van der Waals surface area contributed by atoms with E-state index in [0.29, 0.717) is 12.8 Å². The smallest absolute Gasteiger partial charge is 0.272 e. The molecule has 1 heterocycles. The second kappa shape index (κ2) is 6.38. The minimum atomic E-state index is -4.13. The molecule has 3 N–H and O–H groups in total. The predicted octanol–water partition coefficient (Wildman–Crippen LogP) is 2.14. The molecule has 1 aromatic rings. The van der Waals surface area contributed by atoms with Crippen LogP contribution in [0.5, 0.6) is 0 Å². The van der Waals surface area contributed by atoms with Gasteiger partial charge in [0.25, 0.3) is 0 Å². The first-order valence-corrected chi connectivity index (χ1v) is 6.26. The highest BCUT2D eigenvalue weighted by atomic mass is 19.4. The third kappa shape index (κ3) is 4.83. The van der Waals surface area contributed by atoms with Crippen LogP contribution >= 0.6 is 0 Å². The van der Waals surface area contributed by atoms with E-state index in [2.05, 4.69) is 10.5 Å². The zero-order valence-corrected chi connectivity index (χ0v) is 11.5. The standard InChI is InChI=1S/C12H21F3N4/c1-8-11(9(2)19(3)18-8)5-4-10(17-16)6-7-12(13,14)15/h10,17H,4-7,16H2,1-3H3. The van der Waals surface area contributed by atoms with Crippen molar-refractivity contribution in [3.8, 4) is 0 Å². The van der Waals surface area contributed by atoms with Crippen molar-refractivity contribution in [3.05, 3.63) is 17.0 Å². The molecule has 0 saturated heterocycles. The Hall–Kier alpha value is -1.08. The number of nitrogens with one attached hydrogen (secondary N) is 1. The molecule has 110 valence electrons. The van der Waals surface area contributed by atoms with Gasteiger partial charge in [0.1, 0.15) is 0 Å². The summed E-state index contributed by atoms with van der Waals surface area (Å²) >= 11 is 0. The fourth-order valence-corrected chi connectivity index (χ4v) is 2.15. The van der Waals surface area contributed by atoms with E-state index in [-0.39, 0.29) is 12.5 Å². The van der Waals surface area contributed by atoms with Crippen LogP contribution < -0.4 is 11.3 Å². The molecule has 4 nitrogen and oxygen atoms in total. The summed E-state index contributed by atoms with van der Waals surface area (Å²) in [7, 11) is 1.86. The normalized spacial score (nSPS) is 13.8. The van der Waals surface area contributed by atoms with Crippen molar-refractivity contribution in [2.75, 3.05) is 0 Å². The quantitative estimate of drug-likeness (QED) is 0.619. The van der Waals surface area contributed by atoms with Gasteiger partial charge in [-0.1, -0.05) is 0 Å². The van der Waals surface area contributed by atoms with Crippen molar-refractivity contribution in [1.29, 1.82) is 0 Å². The molecule has 0 spiro atoms. The number of nitrogens with zero attached hydrogens (tertiary/aromatic N) is 2. The van der Waals surface area contributed by atoms with E-state index >= 15 is 0 Å². The summed E-state index contributed by atoms with van der Waals surface area (Å²) in [6, 6.07) is -0.333. The maximum Gasteiger partial charge on any atom is 0.389 e. The summed E-state index contributed by atoms with van der Waals surface area (Å²) in [5.74, 6) is 5.31. The SMILES string of the molecule is Cc1nn(C)c(C)c1CCC(CCC(F)(F)F)NN. The van der Waals surface area contributed by atoms with E-state index in [9.17, 15) is 13.2 Å². The average Bonchev–Trinajstić information content (AvgIpc) is 2.53. The highest BCUT2D eigenvalue weighted by Gasteiger charge is 2.28. The molecule has 0 aliphatic carbocycles. The summed E-state index contributed by atoms with van der Waals surface area (Å²) in [4.78, 5) is 0. The van der Waals surface area contributed by atoms with Crippen LogP contribution in [-0.4, -0.2) is 22.0 Å². The van der Waals surface area contributed by atoms with Gasteiger partial charge in [-0.2, -0.15) is 18.3 Å². The van der Waals surface area contributed by atoms with Crippen molar-refractivity contribution in [3.63, 3.8) is 0 Å². The van der Waals surface area contributed by atoms with Crippen molar-refractivity contribution in [1.82, 2.24) is 15.2 Å². The van der Waals surface area contributed by atoms with Gasteiger partial charge in [0, 0.05) is 25.2 Å². The lowest BCUT2D eigenvalue weighted by atomic mass is 10.0. The highest BCUT2D eigenvalue weighted by Crippen LogP contribution is 2.23. The Morgan fingerprint density at radius 2 is 1.95 bits per heavy atom. The van der Waals surface area contributed by atoms with Gasteiger partial charge in [0.05, 0.1) is 5.69 Å². The third-order valence-corrected chi connectivity index (χ3v) is 3.41. The second-order valence-electron chi connectivity index (χ2n) is 4.83. The topological polar surface area (TPSA) is 55.9 Å². The van der Waals surface area contributed by atoms with Crippen molar-refractivity contribution in [2.24, 2.45) is 12.9 Å².